The van der Waals surface area contributed by atoms with E-state index in [1.165, 1.54) is 12.1 Å². The molecular formula is C22H25FN2O. The lowest BCUT2D eigenvalue weighted by Crippen LogP contribution is -2.11. The minimum absolute atomic E-state index is 0.275. The Bertz CT molecular complexity index is 908. The summed E-state index contributed by atoms with van der Waals surface area (Å²) in [7, 11) is 0. The van der Waals surface area contributed by atoms with E-state index in [1.54, 1.807) is 18.5 Å². The molecule has 0 spiro atoms. The highest BCUT2D eigenvalue weighted by atomic mass is 19.1. The maximum atomic E-state index is 13.7. The van der Waals surface area contributed by atoms with Crippen LogP contribution in [0, 0.1) is 24.6 Å². The second-order valence-electron chi connectivity index (χ2n) is 7.40. The Labute approximate surface area is 154 Å². The van der Waals surface area contributed by atoms with E-state index in [0.717, 1.165) is 39.9 Å². The monoisotopic (exact) mass is 352 g/mol. The summed E-state index contributed by atoms with van der Waals surface area (Å²) in [6, 6.07) is 8.48. The first-order valence-corrected chi connectivity index (χ1v) is 9.08. The molecule has 0 N–H and O–H groups in total. The number of ether oxygens (including phenoxy) is 1. The molecular weight excluding hydrogens is 327 g/mol. The van der Waals surface area contributed by atoms with Crippen LogP contribution in [0.2, 0.25) is 0 Å². The van der Waals surface area contributed by atoms with Crippen LogP contribution in [-0.4, -0.2) is 16.6 Å². The molecule has 0 saturated heterocycles. The third kappa shape index (κ3) is 4.18. The summed E-state index contributed by atoms with van der Waals surface area (Å²) in [6.45, 7) is 9.34. The van der Waals surface area contributed by atoms with E-state index >= 15 is 0 Å². The standard InChI is InChI=1S/C22H25FN2O/c1-14(2)9-15(3)13-26-22-12-25-21(10-16(22)4)18-7-8-24-20-6-5-17(23)11-19(18)20/h5-8,10-12,14-15H,9,13H2,1-4H3/t15-/m0/s1. The van der Waals surface area contributed by atoms with E-state index in [4.69, 9.17) is 4.74 Å². The van der Waals surface area contributed by atoms with Gasteiger partial charge in [-0.1, -0.05) is 20.8 Å². The first-order chi connectivity index (χ1) is 12.4. The van der Waals surface area contributed by atoms with Gasteiger partial charge in [0.1, 0.15) is 11.6 Å². The summed E-state index contributed by atoms with van der Waals surface area (Å²) in [4.78, 5) is 8.85. The second kappa shape index (κ2) is 7.81. The first kappa shape index (κ1) is 18.3. The fourth-order valence-electron chi connectivity index (χ4n) is 3.29. The van der Waals surface area contributed by atoms with Gasteiger partial charge in [0.2, 0.25) is 0 Å². The molecule has 0 aliphatic carbocycles. The lowest BCUT2D eigenvalue weighted by atomic mass is 10.00. The number of halogens is 1. The number of nitrogens with zero attached hydrogens (tertiary/aromatic N) is 2. The van der Waals surface area contributed by atoms with Crippen LogP contribution in [0.4, 0.5) is 4.39 Å². The molecule has 1 aromatic carbocycles. The van der Waals surface area contributed by atoms with Crippen molar-refractivity contribution in [3.8, 4) is 17.0 Å². The van der Waals surface area contributed by atoms with Crippen molar-refractivity contribution in [1.82, 2.24) is 9.97 Å². The summed E-state index contributed by atoms with van der Waals surface area (Å²) < 4.78 is 19.6. The summed E-state index contributed by atoms with van der Waals surface area (Å²) in [5, 5.41) is 0.763. The number of aryl methyl sites for hydroxylation is 1. The summed E-state index contributed by atoms with van der Waals surface area (Å²) in [6.07, 6.45) is 4.63. The fraction of sp³-hybridized carbons (Fsp3) is 0.364. The number of benzene rings is 1. The van der Waals surface area contributed by atoms with Crippen molar-refractivity contribution in [1.29, 1.82) is 0 Å². The Hall–Kier alpha value is -2.49. The highest BCUT2D eigenvalue weighted by Gasteiger charge is 2.11. The van der Waals surface area contributed by atoms with Crippen molar-refractivity contribution in [3.05, 3.63) is 54.1 Å². The first-order valence-electron chi connectivity index (χ1n) is 9.08. The number of rotatable bonds is 6. The van der Waals surface area contributed by atoms with Crippen LogP contribution in [0.1, 0.15) is 32.8 Å². The minimum atomic E-state index is -0.275. The van der Waals surface area contributed by atoms with Crippen molar-refractivity contribution in [2.45, 2.75) is 34.1 Å². The number of fused-ring (bicyclic) bond motifs is 1. The predicted molar refractivity (Wildman–Crippen MR) is 104 cm³/mol. The molecule has 0 bridgehead atoms. The molecule has 0 unspecified atom stereocenters. The van der Waals surface area contributed by atoms with Gasteiger partial charge in [-0.15, -0.1) is 0 Å². The molecule has 3 aromatic rings. The van der Waals surface area contributed by atoms with Gasteiger partial charge in [0.05, 0.1) is 24.0 Å². The van der Waals surface area contributed by atoms with Gasteiger partial charge in [0, 0.05) is 17.1 Å². The van der Waals surface area contributed by atoms with Crippen LogP contribution in [0.15, 0.2) is 42.7 Å². The van der Waals surface area contributed by atoms with Gasteiger partial charge in [-0.3, -0.25) is 9.97 Å². The van der Waals surface area contributed by atoms with Crippen molar-refractivity contribution in [2.75, 3.05) is 6.61 Å². The number of hydrogen-bond donors (Lipinski definition) is 0. The third-order valence-electron chi connectivity index (χ3n) is 4.44. The quantitative estimate of drug-likeness (QED) is 0.562. The molecule has 0 amide bonds. The Morgan fingerprint density at radius 1 is 1.08 bits per heavy atom. The van der Waals surface area contributed by atoms with E-state index in [9.17, 15) is 4.39 Å². The zero-order chi connectivity index (χ0) is 18.7. The summed E-state index contributed by atoms with van der Waals surface area (Å²) >= 11 is 0. The van der Waals surface area contributed by atoms with E-state index < -0.39 is 0 Å². The molecule has 3 nitrogen and oxygen atoms in total. The Balaban J connectivity index is 1.85. The van der Waals surface area contributed by atoms with E-state index in [1.807, 2.05) is 19.1 Å². The number of hydrogen-bond acceptors (Lipinski definition) is 3. The highest BCUT2D eigenvalue weighted by molar-refractivity contribution is 5.93. The van der Waals surface area contributed by atoms with Crippen molar-refractivity contribution in [2.24, 2.45) is 11.8 Å². The largest absolute Gasteiger partial charge is 0.491 e. The molecule has 4 heteroatoms. The molecule has 2 aromatic heterocycles. The topological polar surface area (TPSA) is 35.0 Å². The van der Waals surface area contributed by atoms with Crippen LogP contribution in [-0.2, 0) is 0 Å². The van der Waals surface area contributed by atoms with Gasteiger partial charge >= 0.3 is 0 Å². The van der Waals surface area contributed by atoms with Gasteiger partial charge in [-0.05, 0) is 61.1 Å². The highest BCUT2D eigenvalue weighted by Crippen LogP contribution is 2.29. The van der Waals surface area contributed by atoms with Crippen LogP contribution >= 0.6 is 0 Å². The fourth-order valence-corrected chi connectivity index (χ4v) is 3.29. The molecule has 1 atom stereocenters. The second-order valence-corrected chi connectivity index (χ2v) is 7.40. The maximum absolute atomic E-state index is 13.7. The molecule has 0 fully saturated rings. The van der Waals surface area contributed by atoms with Gasteiger partial charge in [0.15, 0.2) is 0 Å². The zero-order valence-corrected chi connectivity index (χ0v) is 15.8. The zero-order valence-electron chi connectivity index (χ0n) is 15.8. The Morgan fingerprint density at radius 2 is 1.88 bits per heavy atom. The molecule has 0 saturated carbocycles. The van der Waals surface area contributed by atoms with E-state index in [2.05, 4.69) is 30.7 Å². The molecule has 0 aliphatic rings. The predicted octanol–water partition coefficient (Wildman–Crippen LogP) is 5.81. The lowest BCUT2D eigenvalue weighted by Gasteiger charge is -2.16. The van der Waals surface area contributed by atoms with Crippen molar-refractivity contribution < 1.29 is 9.13 Å². The molecule has 2 heterocycles. The Morgan fingerprint density at radius 3 is 2.62 bits per heavy atom. The number of pyridine rings is 2. The normalized spacial score (nSPS) is 12.5. The lowest BCUT2D eigenvalue weighted by molar-refractivity contribution is 0.237. The van der Waals surface area contributed by atoms with Crippen LogP contribution in [0.3, 0.4) is 0 Å². The Kier molecular flexibility index (Phi) is 5.50. The SMILES string of the molecule is Cc1cc(-c2ccnc3ccc(F)cc23)ncc1OC[C@@H](C)CC(C)C. The van der Waals surface area contributed by atoms with Gasteiger partial charge < -0.3 is 4.74 Å². The van der Waals surface area contributed by atoms with E-state index in [0.29, 0.717) is 18.4 Å². The molecule has 26 heavy (non-hydrogen) atoms. The van der Waals surface area contributed by atoms with E-state index in [-0.39, 0.29) is 5.82 Å². The van der Waals surface area contributed by atoms with Crippen LogP contribution in [0.5, 0.6) is 5.75 Å². The van der Waals surface area contributed by atoms with Gasteiger partial charge in [-0.25, -0.2) is 4.39 Å². The third-order valence-corrected chi connectivity index (χ3v) is 4.44. The summed E-state index contributed by atoms with van der Waals surface area (Å²) in [5.41, 5.74) is 3.44. The maximum Gasteiger partial charge on any atom is 0.140 e. The average molecular weight is 352 g/mol. The van der Waals surface area contributed by atoms with Gasteiger partial charge in [0.25, 0.3) is 0 Å². The molecule has 136 valence electrons. The number of aromatic nitrogens is 2. The van der Waals surface area contributed by atoms with Crippen LogP contribution < -0.4 is 4.74 Å². The molecule has 0 radical (unpaired) electrons. The smallest absolute Gasteiger partial charge is 0.140 e. The average Bonchev–Trinajstić information content (AvgIpc) is 2.59. The minimum Gasteiger partial charge on any atom is -0.491 e. The summed E-state index contributed by atoms with van der Waals surface area (Å²) in [5.74, 6) is 1.69. The van der Waals surface area contributed by atoms with Crippen molar-refractivity contribution in [3.63, 3.8) is 0 Å². The van der Waals surface area contributed by atoms with Crippen molar-refractivity contribution >= 4 is 10.9 Å². The van der Waals surface area contributed by atoms with Crippen LogP contribution in [0.25, 0.3) is 22.2 Å². The molecule has 3 rings (SSSR count). The van der Waals surface area contributed by atoms with Gasteiger partial charge in [-0.2, -0.15) is 0 Å². The molecule has 0 aliphatic heterocycles.